The van der Waals surface area contributed by atoms with E-state index in [2.05, 4.69) is 0 Å². The van der Waals surface area contributed by atoms with Gasteiger partial charge in [-0.25, -0.2) is 4.79 Å². The molecule has 1 saturated heterocycles. The molecule has 8 heteroatoms. The van der Waals surface area contributed by atoms with E-state index in [9.17, 15) is 19.8 Å². The van der Waals surface area contributed by atoms with Crippen LogP contribution in [0.1, 0.15) is 18.1 Å². The first-order valence-electron chi connectivity index (χ1n) is 9.13. The Morgan fingerprint density at radius 2 is 1.76 bits per heavy atom. The number of amides is 1. The molecule has 2 aromatic carbocycles. The molecule has 4 N–H and O–H groups in total. The number of nitrogens with zero attached hydrogens (tertiary/aromatic N) is 1. The van der Waals surface area contributed by atoms with Crippen molar-refractivity contribution in [1.82, 2.24) is 4.90 Å². The van der Waals surface area contributed by atoms with E-state index in [1.807, 2.05) is 24.3 Å². The minimum atomic E-state index is -1.16. The van der Waals surface area contributed by atoms with Gasteiger partial charge >= 0.3 is 5.97 Å². The summed E-state index contributed by atoms with van der Waals surface area (Å²) in [6, 6.07) is 14.5. The average molecular weight is 412 g/mol. The summed E-state index contributed by atoms with van der Waals surface area (Å²) in [6.07, 6.45) is -0.827. The molecule has 29 heavy (non-hydrogen) atoms. The van der Waals surface area contributed by atoms with E-state index >= 15 is 0 Å². The number of rotatable bonds is 6. The van der Waals surface area contributed by atoms with Gasteiger partial charge in [-0.2, -0.15) is 0 Å². The van der Waals surface area contributed by atoms with Crippen molar-refractivity contribution >= 4 is 28.5 Å². The van der Waals surface area contributed by atoms with Crippen LogP contribution >= 0.6 is 11.8 Å². The number of fused-ring (bicyclic) bond motifs is 1. The number of carboxylic acid groups (broad SMARTS) is 1. The largest absolute Gasteiger partial charge is 0.477 e. The van der Waals surface area contributed by atoms with Crippen LogP contribution in [0.4, 0.5) is 0 Å². The number of hydrogen-bond donors (Lipinski definition) is 3. The fraction of sp³-hybridized carbons (Fsp3) is 0.238. The minimum absolute atomic E-state index is 0.0343. The number of carbonyl (C=O) groups is 2. The van der Waals surface area contributed by atoms with Crippen LogP contribution in [-0.2, 0) is 16.1 Å². The summed E-state index contributed by atoms with van der Waals surface area (Å²) in [4.78, 5) is 25.9. The van der Waals surface area contributed by atoms with Gasteiger partial charge in [0, 0.05) is 11.4 Å². The summed E-state index contributed by atoms with van der Waals surface area (Å²) in [5.74, 6) is -0.828. The second-order valence-electron chi connectivity index (χ2n) is 6.94. The number of thioether (sulfide) groups is 1. The Morgan fingerprint density at radius 1 is 1.17 bits per heavy atom. The number of benzene rings is 2. The van der Waals surface area contributed by atoms with Crippen LogP contribution in [-0.4, -0.2) is 38.5 Å². The highest BCUT2D eigenvalue weighted by Gasteiger charge is 2.57. The van der Waals surface area contributed by atoms with Crippen LogP contribution in [0.5, 0.6) is 11.5 Å². The number of aliphatic hydroxyl groups excluding tert-OH is 1. The topological polar surface area (TPSA) is 113 Å². The normalized spacial score (nSPS) is 21.6. The molecule has 0 aliphatic carbocycles. The third kappa shape index (κ3) is 3.39. The van der Waals surface area contributed by atoms with E-state index in [-0.39, 0.29) is 17.0 Å². The van der Waals surface area contributed by atoms with Crippen molar-refractivity contribution in [2.24, 2.45) is 11.7 Å². The quantitative estimate of drug-likeness (QED) is 0.625. The third-order valence-corrected chi connectivity index (χ3v) is 6.42. The Hall–Kier alpha value is -2.81. The number of aliphatic hydroxyl groups is 1. The number of nitrogens with two attached hydrogens (primary N) is 1. The lowest BCUT2D eigenvalue weighted by atomic mass is 9.92. The lowest BCUT2D eigenvalue weighted by Gasteiger charge is -2.43. The van der Waals surface area contributed by atoms with Crippen LogP contribution in [0.15, 0.2) is 54.2 Å². The number of β-lactam (4-membered cyclic amide) rings is 1. The highest BCUT2D eigenvalue weighted by molar-refractivity contribution is 8.09. The predicted octanol–water partition coefficient (Wildman–Crippen LogP) is 2.60. The summed E-state index contributed by atoms with van der Waals surface area (Å²) in [6.45, 7) is 2.01. The number of carboxylic acids is 1. The average Bonchev–Trinajstić information content (AvgIpc) is 3.04. The highest BCUT2D eigenvalue weighted by Crippen LogP contribution is 2.53. The zero-order valence-electron chi connectivity index (χ0n) is 15.6. The van der Waals surface area contributed by atoms with Crippen molar-refractivity contribution in [3.05, 3.63) is 65.4 Å². The molecule has 0 spiro atoms. The summed E-state index contributed by atoms with van der Waals surface area (Å²) in [5.41, 5.74) is 7.25. The Morgan fingerprint density at radius 3 is 2.28 bits per heavy atom. The van der Waals surface area contributed by atoms with Gasteiger partial charge in [0.05, 0.1) is 12.0 Å². The van der Waals surface area contributed by atoms with Crippen molar-refractivity contribution in [1.29, 1.82) is 0 Å². The molecule has 150 valence electrons. The van der Waals surface area contributed by atoms with Gasteiger partial charge in [-0.05, 0) is 42.3 Å². The molecular weight excluding hydrogens is 392 g/mol. The maximum atomic E-state index is 12.3. The first kappa shape index (κ1) is 19.5. The van der Waals surface area contributed by atoms with Gasteiger partial charge in [0.25, 0.3) is 0 Å². The minimum Gasteiger partial charge on any atom is -0.477 e. The van der Waals surface area contributed by atoms with Crippen LogP contribution in [0, 0.1) is 5.92 Å². The van der Waals surface area contributed by atoms with Gasteiger partial charge in [0.1, 0.15) is 22.6 Å². The molecule has 2 heterocycles. The number of hydrogen-bond acceptors (Lipinski definition) is 6. The molecule has 7 nitrogen and oxygen atoms in total. The smallest absolute Gasteiger partial charge is 0.353 e. The van der Waals surface area contributed by atoms with E-state index in [4.69, 9.17) is 10.5 Å². The fourth-order valence-corrected chi connectivity index (χ4v) is 5.11. The van der Waals surface area contributed by atoms with Crippen LogP contribution in [0.3, 0.4) is 0 Å². The SMILES string of the molecule is C[C@@H](O)[C@H]1C(=O)N2C(C(=O)O)=C(c3ccc(Oc4ccc(CN)cc4)cc3)S[C@H]12. The van der Waals surface area contributed by atoms with E-state index in [0.717, 1.165) is 5.56 Å². The van der Waals surface area contributed by atoms with Gasteiger partial charge < -0.3 is 20.7 Å². The summed E-state index contributed by atoms with van der Waals surface area (Å²) < 4.78 is 5.81. The number of ether oxygens (including phenoxy) is 1. The van der Waals surface area contributed by atoms with Crippen molar-refractivity contribution in [3.8, 4) is 11.5 Å². The van der Waals surface area contributed by atoms with E-state index in [1.54, 1.807) is 31.2 Å². The van der Waals surface area contributed by atoms with Gasteiger partial charge in [0.2, 0.25) is 5.91 Å². The molecule has 2 aliphatic heterocycles. The van der Waals surface area contributed by atoms with E-state index in [0.29, 0.717) is 28.5 Å². The molecule has 2 aromatic rings. The van der Waals surface area contributed by atoms with Crippen molar-refractivity contribution in [2.45, 2.75) is 24.9 Å². The molecule has 4 rings (SSSR count). The number of carbonyl (C=O) groups excluding carboxylic acids is 1. The fourth-order valence-electron chi connectivity index (χ4n) is 3.49. The monoisotopic (exact) mass is 412 g/mol. The molecule has 0 unspecified atom stereocenters. The van der Waals surface area contributed by atoms with Gasteiger partial charge in [0.15, 0.2) is 0 Å². The summed E-state index contributed by atoms with van der Waals surface area (Å²) in [5, 5.41) is 19.1. The molecule has 3 atom stereocenters. The molecule has 0 saturated carbocycles. The van der Waals surface area contributed by atoms with Crippen molar-refractivity contribution in [3.63, 3.8) is 0 Å². The van der Waals surface area contributed by atoms with Gasteiger partial charge in [-0.3, -0.25) is 9.69 Å². The Labute approximate surface area is 171 Å². The van der Waals surface area contributed by atoms with Crippen LogP contribution in [0.25, 0.3) is 4.91 Å². The Balaban J connectivity index is 1.56. The molecule has 1 fully saturated rings. The highest BCUT2D eigenvalue weighted by atomic mass is 32.2. The summed E-state index contributed by atoms with van der Waals surface area (Å²) >= 11 is 1.30. The van der Waals surface area contributed by atoms with Crippen LogP contribution < -0.4 is 10.5 Å². The van der Waals surface area contributed by atoms with Gasteiger partial charge in [-0.1, -0.05) is 36.0 Å². The molecule has 2 aliphatic rings. The maximum Gasteiger partial charge on any atom is 0.353 e. The molecule has 1 amide bonds. The standard InChI is InChI=1S/C21H20N2O5S/c1-11(24)16-19(25)23-17(21(26)27)18(29-20(16)23)13-4-8-15(9-5-13)28-14-6-2-12(10-22)3-7-14/h2-9,11,16,20,24H,10,22H2,1H3,(H,26,27)/t11-,16+,20-/m1/s1. The second kappa shape index (κ2) is 7.55. The second-order valence-corrected chi connectivity index (χ2v) is 8.07. The van der Waals surface area contributed by atoms with E-state index < -0.39 is 18.0 Å². The van der Waals surface area contributed by atoms with Crippen molar-refractivity contribution < 1.29 is 24.5 Å². The number of aliphatic carboxylic acids is 1. The molecule has 0 bridgehead atoms. The lowest BCUT2D eigenvalue weighted by Crippen LogP contribution is -2.60. The van der Waals surface area contributed by atoms with Crippen LogP contribution in [0.2, 0.25) is 0 Å². The molecule has 0 radical (unpaired) electrons. The van der Waals surface area contributed by atoms with Crippen molar-refractivity contribution in [2.75, 3.05) is 0 Å². The van der Waals surface area contributed by atoms with Gasteiger partial charge in [-0.15, -0.1) is 0 Å². The lowest BCUT2D eigenvalue weighted by molar-refractivity contribution is -0.156. The molecular formula is C21H20N2O5S. The molecule has 0 aromatic heterocycles. The first-order valence-corrected chi connectivity index (χ1v) is 10.0. The first-order chi connectivity index (χ1) is 13.9. The van der Waals surface area contributed by atoms with E-state index in [1.165, 1.54) is 16.7 Å². The third-order valence-electron chi connectivity index (χ3n) is 5.01. The zero-order chi connectivity index (χ0) is 20.7. The maximum absolute atomic E-state index is 12.3. The Bertz CT molecular complexity index is 985. The summed E-state index contributed by atoms with van der Waals surface area (Å²) in [7, 11) is 0. The Kier molecular flexibility index (Phi) is 5.08. The predicted molar refractivity (Wildman–Crippen MR) is 109 cm³/mol. The zero-order valence-corrected chi connectivity index (χ0v) is 16.4.